The molecule has 0 spiro atoms. The van der Waals surface area contributed by atoms with Crippen LogP contribution in [-0.2, 0) is 0 Å². The summed E-state index contributed by atoms with van der Waals surface area (Å²) in [4.78, 5) is 24.2. The Labute approximate surface area is 184 Å². The molecule has 2 aromatic heterocycles. The van der Waals surface area contributed by atoms with Gasteiger partial charge in [0, 0.05) is 13.1 Å². The normalized spacial score (nSPS) is 14.0. The maximum atomic E-state index is 13.5. The van der Waals surface area contributed by atoms with Crippen molar-refractivity contribution in [1.82, 2.24) is 24.0 Å². The second-order valence-corrected chi connectivity index (χ2v) is 7.60. The predicted molar refractivity (Wildman–Crippen MR) is 123 cm³/mol. The average Bonchev–Trinajstić information content (AvgIpc) is 3.07. The van der Waals surface area contributed by atoms with Gasteiger partial charge >= 0.3 is 5.69 Å². The van der Waals surface area contributed by atoms with E-state index in [9.17, 15) is 4.79 Å². The average molecular weight is 426 g/mol. The Morgan fingerprint density at radius 1 is 1.06 bits per heavy atom. The van der Waals surface area contributed by atoms with E-state index < -0.39 is 0 Å². The first-order chi connectivity index (χ1) is 15.7. The number of para-hydroxylation sites is 1. The SMILES string of the molecule is CC#CCN1CC(n2c(=O)n(-c3ccc(Oc4ccccc4)cc3)c3c(N)ncnc32)C1. The molecule has 1 aliphatic heterocycles. The second kappa shape index (κ2) is 8.21. The first-order valence-electron chi connectivity index (χ1n) is 10.3. The fourth-order valence-electron chi connectivity index (χ4n) is 3.95. The Hall–Kier alpha value is -4.09. The van der Waals surface area contributed by atoms with Crippen LogP contribution in [0.5, 0.6) is 11.5 Å². The lowest BCUT2D eigenvalue weighted by molar-refractivity contribution is 0.124. The van der Waals surface area contributed by atoms with Gasteiger partial charge in [0.15, 0.2) is 11.5 Å². The number of rotatable bonds is 5. The van der Waals surface area contributed by atoms with Gasteiger partial charge in [-0.3, -0.25) is 14.0 Å². The highest BCUT2D eigenvalue weighted by atomic mass is 16.5. The zero-order valence-electron chi connectivity index (χ0n) is 17.6. The lowest BCUT2D eigenvalue weighted by Gasteiger charge is -2.38. The van der Waals surface area contributed by atoms with Crippen molar-refractivity contribution in [2.75, 3.05) is 25.4 Å². The number of nitrogens with zero attached hydrogens (tertiary/aromatic N) is 5. The van der Waals surface area contributed by atoms with Gasteiger partial charge in [0.1, 0.15) is 23.3 Å². The molecule has 0 saturated carbocycles. The van der Waals surface area contributed by atoms with Crippen LogP contribution in [0.15, 0.2) is 65.7 Å². The fraction of sp³-hybridized carbons (Fsp3) is 0.208. The number of nitrogen functional groups attached to an aromatic ring is 1. The molecule has 0 radical (unpaired) electrons. The van der Waals surface area contributed by atoms with Crippen molar-refractivity contribution in [3.63, 3.8) is 0 Å². The van der Waals surface area contributed by atoms with Gasteiger partial charge in [-0.15, -0.1) is 5.92 Å². The van der Waals surface area contributed by atoms with E-state index in [-0.39, 0.29) is 17.5 Å². The Bertz CT molecular complexity index is 1370. The van der Waals surface area contributed by atoms with Gasteiger partial charge in [0.2, 0.25) is 0 Å². The van der Waals surface area contributed by atoms with Crippen molar-refractivity contribution in [2.45, 2.75) is 13.0 Å². The summed E-state index contributed by atoms with van der Waals surface area (Å²) in [6, 6.07) is 16.9. The summed E-state index contributed by atoms with van der Waals surface area (Å²) in [6.07, 6.45) is 1.40. The number of imidazole rings is 1. The molecule has 8 heteroatoms. The molecule has 1 saturated heterocycles. The molecule has 3 heterocycles. The van der Waals surface area contributed by atoms with Crippen molar-refractivity contribution in [3.8, 4) is 29.0 Å². The second-order valence-electron chi connectivity index (χ2n) is 7.60. The quantitative estimate of drug-likeness (QED) is 0.494. The first-order valence-corrected chi connectivity index (χ1v) is 10.3. The number of benzene rings is 2. The van der Waals surface area contributed by atoms with Crippen LogP contribution in [0.3, 0.4) is 0 Å². The van der Waals surface area contributed by atoms with Crippen molar-refractivity contribution < 1.29 is 4.74 Å². The van der Waals surface area contributed by atoms with E-state index in [0.717, 1.165) is 18.8 Å². The Balaban J connectivity index is 1.51. The number of fused-ring (bicyclic) bond motifs is 1. The summed E-state index contributed by atoms with van der Waals surface area (Å²) >= 11 is 0. The Morgan fingerprint density at radius 2 is 1.78 bits per heavy atom. The molecule has 0 bridgehead atoms. The standard InChI is InChI=1S/C24H22N6O2/c1-2-3-13-28-14-18(15-28)30-23-21(22(25)26-16-27-23)29(24(30)31)17-9-11-20(12-10-17)32-19-7-5-4-6-8-19/h4-12,16,18H,13-15H2,1H3,(H2,25,26,27). The minimum absolute atomic E-state index is 0.0138. The molecular weight excluding hydrogens is 404 g/mol. The number of ether oxygens (including phenoxy) is 1. The molecular formula is C24H22N6O2. The van der Waals surface area contributed by atoms with Crippen LogP contribution in [0.25, 0.3) is 16.9 Å². The molecule has 160 valence electrons. The van der Waals surface area contributed by atoms with E-state index in [2.05, 4.69) is 26.7 Å². The van der Waals surface area contributed by atoms with Gasteiger partial charge < -0.3 is 10.5 Å². The first kappa shape index (κ1) is 19.8. The van der Waals surface area contributed by atoms with Crippen LogP contribution < -0.4 is 16.2 Å². The summed E-state index contributed by atoms with van der Waals surface area (Å²) in [5.74, 6) is 7.65. The maximum Gasteiger partial charge on any atom is 0.335 e. The largest absolute Gasteiger partial charge is 0.457 e. The summed E-state index contributed by atoms with van der Waals surface area (Å²) in [7, 11) is 0. The van der Waals surface area contributed by atoms with Gasteiger partial charge in [0.25, 0.3) is 0 Å². The maximum absolute atomic E-state index is 13.5. The zero-order valence-corrected chi connectivity index (χ0v) is 17.6. The van der Waals surface area contributed by atoms with Gasteiger partial charge in [0.05, 0.1) is 18.3 Å². The third-order valence-corrected chi connectivity index (χ3v) is 5.54. The minimum atomic E-state index is -0.185. The number of likely N-dealkylation sites (tertiary alicyclic amines) is 1. The van der Waals surface area contributed by atoms with E-state index >= 15 is 0 Å². The molecule has 2 N–H and O–H groups in total. The van der Waals surface area contributed by atoms with Gasteiger partial charge in [-0.05, 0) is 43.3 Å². The van der Waals surface area contributed by atoms with Crippen LogP contribution in [0.4, 0.5) is 5.82 Å². The molecule has 0 amide bonds. The van der Waals surface area contributed by atoms with E-state index in [1.165, 1.54) is 6.33 Å². The summed E-state index contributed by atoms with van der Waals surface area (Å²) in [6.45, 7) is 3.99. The fourth-order valence-corrected chi connectivity index (χ4v) is 3.95. The van der Waals surface area contributed by atoms with Crippen LogP contribution in [0.2, 0.25) is 0 Å². The van der Waals surface area contributed by atoms with Gasteiger partial charge in [-0.1, -0.05) is 24.1 Å². The van der Waals surface area contributed by atoms with Crippen LogP contribution >= 0.6 is 0 Å². The van der Waals surface area contributed by atoms with E-state index in [4.69, 9.17) is 10.5 Å². The highest BCUT2D eigenvalue weighted by Gasteiger charge is 2.32. The highest BCUT2D eigenvalue weighted by molar-refractivity contribution is 5.84. The molecule has 4 aromatic rings. The highest BCUT2D eigenvalue weighted by Crippen LogP contribution is 2.28. The number of hydrogen-bond acceptors (Lipinski definition) is 6. The molecule has 32 heavy (non-hydrogen) atoms. The van der Waals surface area contributed by atoms with Crippen molar-refractivity contribution >= 4 is 17.0 Å². The molecule has 8 nitrogen and oxygen atoms in total. The van der Waals surface area contributed by atoms with Gasteiger partial charge in [-0.25, -0.2) is 14.8 Å². The minimum Gasteiger partial charge on any atom is -0.457 e. The van der Waals surface area contributed by atoms with Gasteiger partial charge in [-0.2, -0.15) is 0 Å². The molecule has 5 rings (SSSR count). The molecule has 0 aliphatic carbocycles. The Kier molecular flexibility index (Phi) is 5.09. The summed E-state index contributed by atoms with van der Waals surface area (Å²) < 4.78 is 9.16. The van der Waals surface area contributed by atoms with Crippen LogP contribution in [0, 0.1) is 11.8 Å². The molecule has 1 fully saturated rings. The molecule has 2 aromatic carbocycles. The lowest BCUT2D eigenvalue weighted by Crippen LogP contribution is -2.50. The lowest BCUT2D eigenvalue weighted by atomic mass is 10.1. The number of nitrogens with two attached hydrogens (primary N) is 1. The third kappa shape index (κ3) is 3.49. The van der Waals surface area contributed by atoms with Crippen LogP contribution in [0.1, 0.15) is 13.0 Å². The molecule has 0 unspecified atom stereocenters. The van der Waals surface area contributed by atoms with E-state index in [1.807, 2.05) is 61.5 Å². The topological polar surface area (TPSA) is 91.2 Å². The molecule has 0 atom stereocenters. The molecule has 1 aliphatic rings. The summed E-state index contributed by atoms with van der Waals surface area (Å²) in [5.41, 5.74) is 7.73. The van der Waals surface area contributed by atoms with Crippen molar-refractivity contribution in [3.05, 3.63) is 71.4 Å². The summed E-state index contributed by atoms with van der Waals surface area (Å²) in [5, 5.41) is 0. The number of anilines is 1. The monoisotopic (exact) mass is 426 g/mol. The number of aromatic nitrogens is 4. The van der Waals surface area contributed by atoms with Crippen molar-refractivity contribution in [1.29, 1.82) is 0 Å². The Morgan fingerprint density at radius 3 is 2.50 bits per heavy atom. The number of hydrogen-bond donors (Lipinski definition) is 1. The zero-order chi connectivity index (χ0) is 22.1. The van der Waals surface area contributed by atoms with Crippen molar-refractivity contribution in [2.24, 2.45) is 0 Å². The van der Waals surface area contributed by atoms with Crippen LogP contribution in [-0.4, -0.2) is 43.6 Å². The van der Waals surface area contributed by atoms with E-state index in [1.54, 1.807) is 9.13 Å². The van der Waals surface area contributed by atoms with E-state index in [0.29, 0.717) is 29.1 Å². The smallest absolute Gasteiger partial charge is 0.335 e. The third-order valence-electron chi connectivity index (χ3n) is 5.54. The predicted octanol–water partition coefficient (Wildman–Crippen LogP) is 2.84.